The first-order valence-corrected chi connectivity index (χ1v) is 9.74. The molecular weight excluding hydrogens is 397 g/mol. The zero-order valence-electron chi connectivity index (χ0n) is 14.3. The summed E-state index contributed by atoms with van der Waals surface area (Å²) >= 11 is 0. The number of nitrogens with one attached hydrogen (secondary N) is 1. The van der Waals surface area contributed by atoms with Crippen LogP contribution in [0.4, 0.5) is 13.2 Å². The van der Waals surface area contributed by atoms with E-state index in [0.29, 0.717) is 18.1 Å². The number of halogens is 3. The fraction of sp³-hybridized carbons (Fsp3) is 0.312. The van der Waals surface area contributed by atoms with Gasteiger partial charge in [-0.15, -0.1) is 0 Å². The number of rotatable bonds is 2. The van der Waals surface area contributed by atoms with Crippen LogP contribution in [0.5, 0.6) is 0 Å². The molecule has 1 N–H and O–H groups in total. The number of hydrogen-bond donors (Lipinski definition) is 1. The quantitative estimate of drug-likeness (QED) is 0.697. The first-order valence-electron chi connectivity index (χ1n) is 8.30. The van der Waals surface area contributed by atoms with Gasteiger partial charge < -0.3 is 0 Å². The van der Waals surface area contributed by atoms with Crippen molar-refractivity contribution in [3.8, 4) is 0 Å². The number of fused-ring (bicyclic) bond motifs is 7. The number of pyridine rings is 1. The molecule has 28 heavy (non-hydrogen) atoms. The van der Waals surface area contributed by atoms with E-state index in [2.05, 4.69) is 20.3 Å². The lowest BCUT2D eigenvalue weighted by Crippen LogP contribution is -2.38. The molecule has 0 fully saturated rings. The molecule has 2 bridgehead atoms. The molecule has 3 aromatic rings. The molecule has 12 heteroatoms. The van der Waals surface area contributed by atoms with E-state index < -0.39 is 34.0 Å². The fourth-order valence-corrected chi connectivity index (χ4v) is 5.74. The predicted octanol–water partition coefficient (Wildman–Crippen LogP) is 1.95. The Bertz CT molecular complexity index is 1180. The van der Waals surface area contributed by atoms with E-state index in [-0.39, 0.29) is 4.90 Å². The molecule has 2 atom stereocenters. The summed E-state index contributed by atoms with van der Waals surface area (Å²) in [6.45, 7) is 0. The van der Waals surface area contributed by atoms with Crippen LogP contribution in [-0.4, -0.2) is 37.7 Å². The van der Waals surface area contributed by atoms with Crippen molar-refractivity contribution in [1.82, 2.24) is 29.3 Å². The number of aromatic nitrogens is 5. The van der Waals surface area contributed by atoms with Crippen LogP contribution in [0.1, 0.15) is 40.3 Å². The van der Waals surface area contributed by atoms with Crippen LogP contribution in [0.15, 0.2) is 35.6 Å². The molecule has 8 nitrogen and oxygen atoms in total. The second kappa shape index (κ2) is 5.41. The molecule has 5 rings (SSSR count). The zero-order chi connectivity index (χ0) is 19.8. The van der Waals surface area contributed by atoms with Crippen LogP contribution < -0.4 is 0 Å². The maximum atomic E-state index is 13.4. The van der Waals surface area contributed by atoms with Crippen LogP contribution in [0.3, 0.4) is 0 Å². The number of aromatic amines is 1. The number of nitrogens with zero attached hydrogens (tertiary/aromatic N) is 5. The van der Waals surface area contributed by atoms with Gasteiger partial charge in [0.1, 0.15) is 10.6 Å². The van der Waals surface area contributed by atoms with Crippen molar-refractivity contribution in [2.24, 2.45) is 7.05 Å². The average molecular weight is 410 g/mol. The van der Waals surface area contributed by atoms with E-state index in [1.807, 2.05) is 0 Å². The van der Waals surface area contributed by atoms with Crippen LogP contribution >= 0.6 is 0 Å². The molecule has 0 saturated carbocycles. The minimum absolute atomic E-state index is 0.289. The highest BCUT2D eigenvalue weighted by molar-refractivity contribution is 7.89. The first-order chi connectivity index (χ1) is 13.2. The summed E-state index contributed by atoms with van der Waals surface area (Å²) in [5.41, 5.74) is 1.92. The third-order valence-corrected chi connectivity index (χ3v) is 7.09. The smallest absolute Gasteiger partial charge is 0.282 e. The lowest BCUT2D eigenvalue weighted by molar-refractivity contribution is -0.141. The van der Waals surface area contributed by atoms with E-state index in [0.717, 1.165) is 29.2 Å². The number of H-pyrrole nitrogens is 1. The van der Waals surface area contributed by atoms with Gasteiger partial charge in [-0.1, -0.05) is 0 Å². The third kappa shape index (κ3) is 2.21. The largest absolute Gasteiger partial charge is 0.433 e. The maximum Gasteiger partial charge on any atom is 0.433 e. The Balaban J connectivity index is 1.63. The number of sulfonamides is 1. The topological polar surface area (TPSA) is 96.8 Å². The SMILES string of the molecule is Cn1ncc2c1C1Cc3[nH]ncc3C2N1S(=O)(=O)c1ccc(C(F)(F)F)nc1. The number of hydrogen-bond acceptors (Lipinski definition) is 5. The summed E-state index contributed by atoms with van der Waals surface area (Å²) in [6, 6.07) is 0.450. The van der Waals surface area contributed by atoms with Crippen molar-refractivity contribution in [2.45, 2.75) is 29.6 Å². The molecule has 2 aliphatic heterocycles. The van der Waals surface area contributed by atoms with E-state index in [4.69, 9.17) is 0 Å². The van der Waals surface area contributed by atoms with Gasteiger partial charge in [-0.3, -0.25) is 14.8 Å². The average Bonchev–Trinajstić information content (AvgIpc) is 3.31. The van der Waals surface area contributed by atoms with Crippen LogP contribution in [0.2, 0.25) is 0 Å². The van der Waals surface area contributed by atoms with Crippen molar-refractivity contribution < 1.29 is 21.6 Å². The van der Waals surface area contributed by atoms with Gasteiger partial charge in [0.05, 0.1) is 30.2 Å². The standard InChI is InChI=1S/C16H13F3N6O2S/c1-24-15-10(7-22-24)14-9-6-21-23-11(9)4-12(15)25(14)28(26,27)8-2-3-13(20-5-8)16(17,18)19/h2-3,5-7,12,14H,4H2,1H3,(H,21,23). The van der Waals surface area contributed by atoms with Gasteiger partial charge in [-0.05, 0) is 12.1 Å². The van der Waals surface area contributed by atoms with E-state index in [9.17, 15) is 21.6 Å². The van der Waals surface area contributed by atoms with Crippen LogP contribution in [-0.2, 0) is 29.7 Å². The Morgan fingerprint density at radius 1 is 1.18 bits per heavy atom. The van der Waals surface area contributed by atoms with Gasteiger partial charge in [0.2, 0.25) is 10.0 Å². The van der Waals surface area contributed by atoms with Crippen molar-refractivity contribution >= 4 is 10.0 Å². The summed E-state index contributed by atoms with van der Waals surface area (Å²) in [5, 5.41) is 11.2. The molecule has 0 spiro atoms. The molecule has 2 unspecified atom stereocenters. The highest BCUT2D eigenvalue weighted by Gasteiger charge is 2.52. The molecule has 0 amide bonds. The van der Waals surface area contributed by atoms with Gasteiger partial charge in [0.15, 0.2) is 0 Å². The molecule has 0 radical (unpaired) electrons. The third-order valence-electron chi connectivity index (χ3n) is 5.23. The Morgan fingerprint density at radius 2 is 1.96 bits per heavy atom. The van der Waals surface area contributed by atoms with Gasteiger partial charge in [0.25, 0.3) is 0 Å². The number of aryl methyl sites for hydroxylation is 1. The molecule has 0 aromatic carbocycles. The van der Waals surface area contributed by atoms with Gasteiger partial charge >= 0.3 is 6.18 Å². The van der Waals surface area contributed by atoms with Gasteiger partial charge in [-0.25, -0.2) is 8.42 Å². The maximum absolute atomic E-state index is 13.4. The van der Waals surface area contributed by atoms with E-state index in [1.165, 1.54) is 4.31 Å². The molecular formula is C16H13F3N6O2S. The summed E-state index contributed by atoms with van der Waals surface area (Å²) in [7, 11) is -2.38. The van der Waals surface area contributed by atoms with Crippen molar-refractivity contribution in [2.75, 3.05) is 0 Å². The molecule has 3 aromatic heterocycles. The zero-order valence-corrected chi connectivity index (χ0v) is 15.2. The molecule has 146 valence electrons. The molecule has 0 saturated heterocycles. The van der Waals surface area contributed by atoms with Crippen molar-refractivity contribution in [1.29, 1.82) is 0 Å². The normalized spacial score (nSPS) is 21.6. The lowest BCUT2D eigenvalue weighted by Gasteiger charge is -2.33. The summed E-state index contributed by atoms with van der Waals surface area (Å²) in [6.07, 6.45) is -0.321. The van der Waals surface area contributed by atoms with E-state index >= 15 is 0 Å². The first kappa shape index (κ1) is 17.4. The monoisotopic (exact) mass is 410 g/mol. The molecule has 2 aliphatic rings. The Labute approximate surface area is 157 Å². The Kier molecular flexibility index (Phi) is 3.36. The van der Waals surface area contributed by atoms with Crippen LogP contribution in [0, 0.1) is 0 Å². The van der Waals surface area contributed by atoms with Gasteiger partial charge in [-0.2, -0.15) is 27.7 Å². The molecule has 0 aliphatic carbocycles. The Hall–Kier alpha value is -2.73. The van der Waals surface area contributed by atoms with Crippen LogP contribution in [0.25, 0.3) is 0 Å². The van der Waals surface area contributed by atoms with E-state index in [1.54, 1.807) is 24.1 Å². The van der Waals surface area contributed by atoms with Crippen molar-refractivity contribution in [3.63, 3.8) is 0 Å². The summed E-state index contributed by atoms with van der Waals surface area (Å²) in [4.78, 5) is 3.01. The summed E-state index contributed by atoms with van der Waals surface area (Å²) < 4.78 is 68.0. The summed E-state index contributed by atoms with van der Waals surface area (Å²) in [5.74, 6) is 0. The lowest BCUT2D eigenvalue weighted by atomic mass is 10.0. The highest BCUT2D eigenvalue weighted by Crippen LogP contribution is 2.53. The predicted molar refractivity (Wildman–Crippen MR) is 88.3 cm³/mol. The minimum Gasteiger partial charge on any atom is -0.282 e. The molecule has 5 heterocycles. The second-order valence-corrected chi connectivity index (χ2v) is 8.59. The highest BCUT2D eigenvalue weighted by atomic mass is 32.2. The minimum atomic E-state index is -4.64. The second-order valence-electron chi connectivity index (χ2n) is 6.75. The number of alkyl halides is 3. The Morgan fingerprint density at radius 3 is 2.64 bits per heavy atom. The van der Waals surface area contributed by atoms with Crippen molar-refractivity contribution in [3.05, 3.63) is 58.9 Å². The fourth-order valence-electron chi connectivity index (χ4n) is 4.05. The van der Waals surface area contributed by atoms with Gasteiger partial charge in [0, 0.05) is 36.5 Å².